The highest BCUT2D eigenvalue weighted by Crippen LogP contribution is 2.30. The summed E-state index contributed by atoms with van der Waals surface area (Å²) in [6.45, 7) is 7.61. The number of ether oxygens (including phenoxy) is 2. The van der Waals surface area contributed by atoms with Crippen molar-refractivity contribution >= 4 is 17.2 Å². The Hall–Kier alpha value is -4.35. The zero-order chi connectivity index (χ0) is 29.1. The lowest BCUT2D eigenvalue weighted by molar-refractivity contribution is -0.115. The summed E-state index contributed by atoms with van der Waals surface area (Å²) in [4.78, 5) is 15.2. The largest absolute Gasteiger partial charge is 0.497 e. The lowest BCUT2D eigenvalue weighted by Gasteiger charge is -2.32. The van der Waals surface area contributed by atoms with Gasteiger partial charge in [-0.1, -0.05) is 61.2 Å². The van der Waals surface area contributed by atoms with E-state index in [4.69, 9.17) is 9.47 Å². The second kappa shape index (κ2) is 14.5. The smallest absolute Gasteiger partial charge is 0.228 e. The summed E-state index contributed by atoms with van der Waals surface area (Å²) in [6, 6.07) is 34.1. The number of carbonyl (C=O) groups is 1. The van der Waals surface area contributed by atoms with Crippen LogP contribution in [0.4, 0.5) is 5.69 Å². The molecule has 1 fully saturated rings. The van der Waals surface area contributed by atoms with Gasteiger partial charge in [0.1, 0.15) is 17.2 Å². The number of rotatable bonds is 12. The Morgan fingerprint density at radius 3 is 2.33 bits per heavy atom. The molecule has 1 heterocycles. The van der Waals surface area contributed by atoms with Crippen LogP contribution in [0.5, 0.6) is 17.2 Å². The standard InChI is InChI=1S/C37H40N2O3/c1-28(30-16-18-35(19-17-30)42-34-13-4-3-5-14-34)9-8-22-39-23-20-31(21-24-39)32-11-7-12-33(27-32)38-37(40)26-29-10-6-15-36(25-29)41-2/h3-7,10-19,25,27,31H,1,8-9,20-24,26H2,2H3,(H,38,40). The van der Waals surface area contributed by atoms with Crippen molar-refractivity contribution < 1.29 is 14.3 Å². The number of nitrogens with one attached hydrogen (secondary N) is 1. The van der Waals surface area contributed by atoms with Gasteiger partial charge in [-0.25, -0.2) is 0 Å². The molecule has 0 spiro atoms. The van der Waals surface area contributed by atoms with Crippen LogP contribution in [0.2, 0.25) is 0 Å². The van der Waals surface area contributed by atoms with Gasteiger partial charge in [-0.05, 0) is 122 Å². The molecule has 0 unspecified atom stereocenters. The highest BCUT2D eigenvalue weighted by Gasteiger charge is 2.21. The van der Waals surface area contributed by atoms with Crippen LogP contribution in [0.15, 0.2) is 110 Å². The van der Waals surface area contributed by atoms with Crippen molar-refractivity contribution in [3.05, 3.63) is 126 Å². The van der Waals surface area contributed by atoms with E-state index in [2.05, 4.69) is 47.1 Å². The number of hydrogen-bond acceptors (Lipinski definition) is 4. The molecule has 1 saturated heterocycles. The molecule has 1 amide bonds. The highest BCUT2D eigenvalue weighted by molar-refractivity contribution is 5.92. The predicted octanol–water partition coefficient (Wildman–Crippen LogP) is 8.34. The number of benzene rings is 4. The number of likely N-dealkylation sites (tertiary alicyclic amines) is 1. The van der Waals surface area contributed by atoms with E-state index in [0.29, 0.717) is 12.3 Å². The van der Waals surface area contributed by atoms with Gasteiger partial charge in [-0.15, -0.1) is 0 Å². The molecule has 216 valence electrons. The van der Waals surface area contributed by atoms with Crippen molar-refractivity contribution in [2.75, 3.05) is 32.1 Å². The van der Waals surface area contributed by atoms with Crippen molar-refractivity contribution in [1.82, 2.24) is 4.90 Å². The molecule has 4 aromatic carbocycles. The zero-order valence-corrected chi connectivity index (χ0v) is 24.4. The van der Waals surface area contributed by atoms with Gasteiger partial charge < -0.3 is 19.7 Å². The summed E-state index contributed by atoms with van der Waals surface area (Å²) in [5.41, 5.74) is 5.44. The third-order valence-electron chi connectivity index (χ3n) is 7.92. The third-order valence-corrected chi connectivity index (χ3v) is 7.92. The van der Waals surface area contributed by atoms with E-state index < -0.39 is 0 Å². The average molecular weight is 561 g/mol. The number of methoxy groups -OCH3 is 1. The fraction of sp³-hybridized carbons (Fsp3) is 0.270. The molecular weight excluding hydrogens is 520 g/mol. The lowest BCUT2D eigenvalue weighted by Crippen LogP contribution is -2.33. The topological polar surface area (TPSA) is 50.8 Å². The van der Waals surface area contributed by atoms with Crippen LogP contribution in [0.1, 0.15) is 48.3 Å². The van der Waals surface area contributed by atoms with Gasteiger partial charge in [-0.2, -0.15) is 0 Å². The molecule has 42 heavy (non-hydrogen) atoms. The van der Waals surface area contributed by atoms with Crippen molar-refractivity contribution in [3.8, 4) is 17.2 Å². The second-order valence-corrected chi connectivity index (χ2v) is 11.0. The predicted molar refractivity (Wildman–Crippen MR) is 171 cm³/mol. The van der Waals surface area contributed by atoms with Gasteiger partial charge in [0.05, 0.1) is 13.5 Å². The number of anilines is 1. The second-order valence-electron chi connectivity index (χ2n) is 11.0. The number of allylic oxidation sites excluding steroid dienone is 1. The average Bonchev–Trinajstić information content (AvgIpc) is 3.02. The van der Waals surface area contributed by atoms with E-state index in [1.54, 1.807) is 7.11 Å². The maximum absolute atomic E-state index is 12.7. The molecule has 5 heteroatoms. The Bertz CT molecular complexity index is 1460. The molecule has 0 aliphatic carbocycles. The van der Waals surface area contributed by atoms with Crippen LogP contribution in [-0.4, -0.2) is 37.6 Å². The first-order valence-corrected chi connectivity index (χ1v) is 14.8. The maximum Gasteiger partial charge on any atom is 0.228 e. The molecule has 5 nitrogen and oxygen atoms in total. The molecule has 4 aromatic rings. The number of amides is 1. The Morgan fingerprint density at radius 2 is 1.57 bits per heavy atom. The number of piperidine rings is 1. The summed E-state index contributed by atoms with van der Waals surface area (Å²) >= 11 is 0. The van der Waals surface area contributed by atoms with Crippen molar-refractivity contribution in [1.29, 1.82) is 0 Å². The van der Waals surface area contributed by atoms with Gasteiger partial charge in [0, 0.05) is 5.69 Å². The summed E-state index contributed by atoms with van der Waals surface area (Å²) in [5, 5.41) is 3.08. The van der Waals surface area contributed by atoms with Crippen LogP contribution in [-0.2, 0) is 11.2 Å². The minimum atomic E-state index is -0.0201. The lowest BCUT2D eigenvalue weighted by atomic mass is 9.89. The maximum atomic E-state index is 12.7. The molecule has 0 bridgehead atoms. The summed E-state index contributed by atoms with van der Waals surface area (Å²) in [6.07, 6.45) is 4.66. The van der Waals surface area contributed by atoms with E-state index in [1.165, 1.54) is 16.7 Å². The molecule has 5 rings (SSSR count). The monoisotopic (exact) mass is 560 g/mol. The van der Waals surface area contributed by atoms with Crippen LogP contribution in [0, 0.1) is 0 Å². The third kappa shape index (κ3) is 8.34. The molecule has 0 atom stereocenters. The number of para-hydroxylation sites is 1. The number of carbonyl (C=O) groups excluding carboxylic acids is 1. The van der Waals surface area contributed by atoms with Crippen LogP contribution in [0.25, 0.3) is 5.57 Å². The van der Waals surface area contributed by atoms with E-state index in [0.717, 1.165) is 73.8 Å². The molecule has 1 aliphatic rings. The first kappa shape index (κ1) is 29.2. The fourth-order valence-corrected chi connectivity index (χ4v) is 5.58. The van der Waals surface area contributed by atoms with Crippen LogP contribution in [0.3, 0.4) is 0 Å². The Labute approximate surface area is 249 Å². The van der Waals surface area contributed by atoms with Gasteiger partial charge in [0.25, 0.3) is 0 Å². The van der Waals surface area contributed by atoms with Gasteiger partial charge in [0.2, 0.25) is 5.91 Å². The molecule has 0 saturated carbocycles. The molecule has 0 aromatic heterocycles. The minimum absolute atomic E-state index is 0.0201. The Morgan fingerprint density at radius 1 is 0.857 bits per heavy atom. The first-order chi connectivity index (χ1) is 20.6. The van der Waals surface area contributed by atoms with Crippen LogP contribution < -0.4 is 14.8 Å². The van der Waals surface area contributed by atoms with Crippen molar-refractivity contribution in [2.24, 2.45) is 0 Å². The molecule has 0 radical (unpaired) electrons. The Kier molecular flexibility index (Phi) is 10.1. The minimum Gasteiger partial charge on any atom is -0.497 e. The number of nitrogens with zero attached hydrogens (tertiary/aromatic N) is 1. The van der Waals surface area contributed by atoms with Crippen molar-refractivity contribution in [2.45, 2.75) is 38.0 Å². The van der Waals surface area contributed by atoms with E-state index in [1.807, 2.05) is 72.8 Å². The fourth-order valence-electron chi connectivity index (χ4n) is 5.58. The SMILES string of the molecule is C=C(CCCN1CCC(c2cccc(NC(=O)Cc3cccc(OC)c3)c2)CC1)c1ccc(Oc2ccccc2)cc1. The quantitative estimate of drug-likeness (QED) is 0.189. The van der Waals surface area contributed by atoms with Gasteiger partial charge >= 0.3 is 0 Å². The van der Waals surface area contributed by atoms with Gasteiger partial charge in [0.15, 0.2) is 0 Å². The van der Waals surface area contributed by atoms with E-state index >= 15 is 0 Å². The van der Waals surface area contributed by atoms with Crippen LogP contribution >= 0.6 is 0 Å². The van der Waals surface area contributed by atoms with Gasteiger partial charge in [-0.3, -0.25) is 4.79 Å². The molecule has 1 aliphatic heterocycles. The molecular formula is C37H40N2O3. The highest BCUT2D eigenvalue weighted by atomic mass is 16.5. The van der Waals surface area contributed by atoms with E-state index in [9.17, 15) is 4.79 Å². The normalized spacial score (nSPS) is 13.8. The molecule has 1 N–H and O–H groups in total. The van der Waals surface area contributed by atoms with Crippen molar-refractivity contribution in [3.63, 3.8) is 0 Å². The summed E-state index contributed by atoms with van der Waals surface area (Å²) in [5.74, 6) is 2.93. The summed E-state index contributed by atoms with van der Waals surface area (Å²) < 4.78 is 11.2. The number of hydrogen-bond donors (Lipinski definition) is 1. The first-order valence-electron chi connectivity index (χ1n) is 14.8. The Balaban J connectivity index is 1.03. The van der Waals surface area contributed by atoms with E-state index in [-0.39, 0.29) is 5.91 Å². The summed E-state index contributed by atoms with van der Waals surface area (Å²) in [7, 11) is 1.64. The zero-order valence-electron chi connectivity index (χ0n) is 24.4.